The van der Waals surface area contributed by atoms with Crippen LogP contribution in [0.4, 0.5) is 18.9 Å². The normalized spacial score (nSPS) is 12.2. The topological polar surface area (TPSA) is 46.2 Å². The van der Waals surface area contributed by atoms with Gasteiger partial charge in [-0.2, -0.15) is 21.6 Å². The maximum atomic E-state index is 12.5. The second-order valence-electron chi connectivity index (χ2n) is 4.47. The van der Waals surface area contributed by atoms with E-state index in [0.717, 1.165) is 10.5 Å². The van der Waals surface area contributed by atoms with E-state index >= 15 is 0 Å². The molecule has 0 bridgehead atoms. The monoisotopic (exact) mass is 347 g/mol. The molecule has 0 aliphatic heterocycles. The third-order valence-electron chi connectivity index (χ3n) is 2.65. The van der Waals surface area contributed by atoms with Crippen LogP contribution in [0.15, 0.2) is 58.3 Å². The molecule has 2 aromatic carbocycles. The summed E-state index contributed by atoms with van der Waals surface area (Å²) in [5, 5.41) is 0. The maximum Gasteiger partial charge on any atom is 0.516 e. The Kier molecular flexibility index (Phi) is 4.72. The molecule has 22 heavy (non-hydrogen) atoms. The minimum atomic E-state index is -5.44. The van der Waals surface area contributed by atoms with Crippen molar-refractivity contribution in [3.05, 3.63) is 54.1 Å². The first-order valence-corrected chi connectivity index (χ1v) is 8.42. The van der Waals surface area contributed by atoms with Crippen molar-refractivity contribution in [2.45, 2.75) is 22.2 Å². The number of para-hydroxylation sites is 1. The highest BCUT2D eigenvalue weighted by molar-refractivity contribution is 7.99. The highest BCUT2D eigenvalue weighted by Crippen LogP contribution is 2.35. The Hall–Kier alpha value is -1.67. The van der Waals surface area contributed by atoms with Gasteiger partial charge in [-0.15, -0.1) is 0 Å². The summed E-state index contributed by atoms with van der Waals surface area (Å²) >= 11 is 1.19. The smallest absolute Gasteiger partial charge is 0.275 e. The molecule has 1 N–H and O–H groups in total. The molecule has 8 heteroatoms. The van der Waals surface area contributed by atoms with Crippen molar-refractivity contribution in [3.63, 3.8) is 0 Å². The average Bonchev–Trinajstić information content (AvgIpc) is 2.39. The SMILES string of the molecule is Cc1cccc(Sc2ccccc2NS(=O)(=O)C(F)(F)F)c1. The molecule has 0 heterocycles. The number of hydrogen-bond donors (Lipinski definition) is 1. The van der Waals surface area contributed by atoms with Gasteiger partial charge in [0.1, 0.15) is 0 Å². The molecular weight excluding hydrogens is 335 g/mol. The molecule has 0 saturated carbocycles. The lowest BCUT2D eigenvalue weighted by Crippen LogP contribution is -2.30. The van der Waals surface area contributed by atoms with Crippen molar-refractivity contribution < 1.29 is 21.6 Å². The Morgan fingerprint density at radius 3 is 2.36 bits per heavy atom. The largest absolute Gasteiger partial charge is 0.516 e. The van der Waals surface area contributed by atoms with Crippen molar-refractivity contribution in [1.82, 2.24) is 0 Å². The van der Waals surface area contributed by atoms with Gasteiger partial charge in [0.2, 0.25) is 0 Å². The Labute approximate surface area is 130 Å². The van der Waals surface area contributed by atoms with Crippen LogP contribution in [-0.2, 0) is 10.0 Å². The number of alkyl halides is 3. The first kappa shape index (κ1) is 16.7. The van der Waals surface area contributed by atoms with Gasteiger partial charge in [-0.25, -0.2) is 0 Å². The van der Waals surface area contributed by atoms with Crippen LogP contribution in [0.1, 0.15) is 5.56 Å². The van der Waals surface area contributed by atoms with Crippen LogP contribution < -0.4 is 4.72 Å². The van der Waals surface area contributed by atoms with Crippen LogP contribution in [-0.4, -0.2) is 13.9 Å². The zero-order chi connectivity index (χ0) is 16.4. The molecule has 0 fully saturated rings. The number of nitrogens with one attached hydrogen (secondary N) is 1. The molecule has 0 unspecified atom stereocenters. The van der Waals surface area contributed by atoms with Crippen LogP contribution in [0.2, 0.25) is 0 Å². The number of halogens is 3. The fourth-order valence-corrected chi connectivity index (χ4v) is 3.32. The highest BCUT2D eigenvalue weighted by Gasteiger charge is 2.46. The fourth-order valence-electron chi connectivity index (χ4n) is 1.65. The zero-order valence-electron chi connectivity index (χ0n) is 11.4. The van der Waals surface area contributed by atoms with E-state index in [2.05, 4.69) is 0 Å². The van der Waals surface area contributed by atoms with E-state index in [-0.39, 0.29) is 5.69 Å². The molecule has 0 spiro atoms. The molecule has 0 aliphatic carbocycles. The fraction of sp³-hybridized carbons (Fsp3) is 0.143. The lowest BCUT2D eigenvalue weighted by Gasteiger charge is -2.13. The number of hydrogen-bond acceptors (Lipinski definition) is 3. The molecule has 0 saturated heterocycles. The van der Waals surface area contributed by atoms with E-state index in [1.165, 1.54) is 23.9 Å². The Balaban J connectivity index is 2.32. The van der Waals surface area contributed by atoms with E-state index in [1.807, 2.05) is 25.1 Å². The standard InChI is InChI=1S/C14H12F3NO2S2/c1-10-5-4-6-11(9-10)21-13-8-3-2-7-12(13)18-22(19,20)14(15,16)17/h2-9,18H,1H3. The predicted molar refractivity (Wildman–Crippen MR) is 80.3 cm³/mol. The first-order valence-electron chi connectivity index (χ1n) is 6.12. The van der Waals surface area contributed by atoms with Crippen LogP contribution in [0.3, 0.4) is 0 Å². The van der Waals surface area contributed by atoms with Crippen molar-refractivity contribution >= 4 is 27.5 Å². The third kappa shape index (κ3) is 3.95. The van der Waals surface area contributed by atoms with Gasteiger partial charge in [0.05, 0.1) is 5.69 Å². The van der Waals surface area contributed by atoms with Gasteiger partial charge >= 0.3 is 15.5 Å². The second kappa shape index (κ2) is 6.21. The summed E-state index contributed by atoms with van der Waals surface area (Å²) < 4.78 is 61.5. The van der Waals surface area contributed by atoms with Gasteiger partial charge in [0.25, 0.3) is 0 Å². The Bertz CT molecular complexity index is 774. The van der Waals surface area contributed by atoms with E-state index in [4.69, 9.17) is 0 Å². The van der Waals surface area contributed by atoms with Crippen LogP contribution in [0.5, 0.6) is 0 Å². The van der Waals surface area contributed by atoms with Crippen molar-refractivity contribution in [3.8, 4) is 0 Å². The van der Waals surface area contributed by atoms with E-state index in [1.54, 1.807) is 22.9 Å². The first-order chi connectivity index (χ1) is 10.2. The summed E-state index contributed by atoms with van der Waals surface area (Å²) in [5.74, 6) is 0. The average molecular weight is 347 g/mol. The molecule has 0 aromatic heterocycles. The molecule has 2 rings (SSSR count). The van der Waals surface area contributed by atoms with Crippen molar-refractivity contribution in [2.75, 3.05) is 4.72 Å². The van der Waals surface area contributed by atoms with E-state index < -0.39 is 15.5 Å². The summed E-state index contributed by atoms with van der Waals surface area (Å²) in [6.45, 7) is 1.89. The molecule has 2 aromatic rings. The molecule has 118 valence electrons. The molecule has 0 amide bonds. The molecular formula is C14H12F3NO2S2. The summed E-state index contributed by atoms with van der Waals surface area (Å²) in [5.41, 5.74) is -4.46. The van der Waals surface area contributed by atoms with E-state index in [0.29, 0.717) is 4.90 Å². The minimum absolute atomic E-state index is 0.105. The maximum absolute atomic E-state index is 12.5. The number of sulfonamides is 1. The molecule has 3 nitrogen and oxygen atoms in total. The summed E-state index contributed by atoms with van der Waals surface area (Å²) in [7, 11) is -5.44. The Morgan fingerprint density at radius 1 is 1.05 bits per heavy atom. The summed E-state index contributed by atoms with van der Waals surface area (Å²) in [4.78, 5) is 1.19. The Morgan fingerprint density at radius 2 is 1.73 bits per heavy atom. The highest BCUT2D eigenvalue weighted by atomic mass is 32.2. The lowest BCUT2D eigenvalue weighted by atomic mass is 10.2. The minimum Gasteiger partial charge on any atom is -0.275 e. The van der Waals surface area contributed by atoms with Gasteiger partial charge in [-0.3, -0.25) is 4.72 Å². The lowest BCUT2D eigenvalue weighted by molar-refractivity contribution is -0.0429. The van der Waals surface area contributed by atoms with Gasteiger partial charge in [-0.05, 0) is 31.2 Å². The molecule has 0 radical (unpaired) electrons. The number of benzene rings is 2. The molecule has 0 atom stereocenters. The van der Waals surface area contributed by atoms with Gasteiger partial charge in [0.15, 0.2) is 0 Å². The predicted octanol–water partition coefficient (Wildman–Crippen LogP) is 4.41. The molecule has 0 aliphatic rings. The summed E-state index contributed by atoms with van der Waals surface area (Å²) in [6.07, 6.45) is 0. The van der Waals surface area contributed by atoms with Crippen molar-refractivity contribution in [2.24, 2.45) is 0 Å². The van der Waals surface area contributed by atoms with E-state index in [9.17, 15) is 21.6 Å². The second-order valence-corrected chi connectivity index (χ2v) is 7.26. The van der Waals surface area contributed by atoms with Crippen LogP contribution in [0.25, 0.3) is 0 Å². The van der Waals surface area contributed by atoms with Gasteiger partial charge in [0, 0.05) is 9.79 Å². The zero-order valence-corrected chi connectivity index (χ0v) is 13.0. The number of rotatable bonds is 4. The third-order valence-corrected chi connectivity index (χ3v) is 4.82. The van der Waals surface area contributed by atoms with Gasteiger partial charge < -0.3 is 0 Å². The summed E-state index contributed by atoms with van der Waals surface area (Å²) in [6, 6.07) is 13.3. The van der Waals surface area contributed by atoms with Crippen LogP contribution >= 0.6 is 11.8 Å². The van der Waals surface area contributed by atoms with Crippen LogP contribution in [0, 0.1) is 6.92 Å². The van der Waals surface area contributed by atoms with Gasteiger partial charge in [-0.1, -0.05) is 41.6 Å². The number of anilines is 1. The number of aryl methyl sites for hydroxylation is 1. The van der Waals surface area contributed by atoms with Crippen molar-refractivity contribution in [1.29, 1.82) is 0 Å². The quantitative estimate of drug-likeness (QED) is 0.891.